The Morgan fingerprint density at radius 2 is 1.88 bits per heavy atom. The SMILES string of the molecule is O=C(Nc1ccc(OS(=O)(=O)F)cc1)N1CCc2c(F)cccc2C1. The second-order valence-corrected chi connectivity index (χ2v) is 6.43. The van der Waals surface area contributed by atoms with Gasteiger partial charge >= 0.3 is 16.5 Å². The first-order valence-corrected chi connectivity index (χ1v) is 8.69. The van der Waals surface area contributed by atoms with Gasteiger partial charge in [0.2, 0.25) is 0 Å². The van der Waals surface area contributed by atoms with Crippen LogP contribution in [0.1, 0.15) is 11.1 Å². The largest absolute Gasteiger partial charge is 0.488 e. The Balaban J connectivity index is 1.65. The maximum Gasteiger partial charge on any atom is 0.488 e. The van der Waals surface area contributed by atoms with Gasteiger partial charge in [0, 0.05) is 18.8 Å². The third kappa shape index (κ3) is 4.24. The normalized spacial score (nSPS) is 13.9. The van der Waals surface area contributed by atoms with Gasteiger partial charge in [-0.2, -0.15) is 8.42 Å². The van der Waals surface area contributed by atoms with Gasteiger partial charge in [-0.25, -0.2) is 9.18 Å². The second kappa shape index (κ2) is 6.67. The lowest BCUT2D eigenvalue weighted by Crippen LogP contribution is -2.39. The third-order valence-corrected chi connectivity index (χ3v) is 4.19. The van der Waals surface area contributed by atoms with Crippen molar-refractivity contribution in [3.05, 3.63) is 59.4 Å². The number of carbonyl (C=O) groups is 1. The number of urea groups is 1. The Kier molecular flexibility index (Phi) is 4.58. The minimum absolute atomic E-state index is 0.206. The molecule has 3 rings (SSSR count). The minimum atomic E-state index is -5.09. The predicted molar refractivity (Wildman–Crippen MR) is 86.6 cm³/mol. The molecule has 0 fully saturated rings. The molecular formula is C16H14F2N2O4S. The summed E-state index contributed by atoms with van der Waals surface area (Å²) in [4.78, 5) is 13.8. The van der Waals surface area contributed by atoms with Crippen LogP contribution in [-0.2, 0) is 23.5 Å². The molecule has 0 saturated heterocycles. The minimum Gasteiger partial charge on any atom is -0.358 e. The highest BCUT2D eigenvalue weighted by Gasteiger charge is 2.22. The number of fused-ring (bicyclic) bond motifs is 1. The van der Waals surface area contributed by atoms with Gasteiger partial charge in [-0.1, -0.05) is 16.0 Å². The number of amides is 2. The van der Waals surface area contributed by atoms with E-state index in [4.69, 9.17) is 0 Å². The molecule has 6 nitrogen and oxygen atoms in total. The van der Waals surface area contributed by atoms with E-state index >= 15 is 0 Å². The fraction of sp³-hybridized carbons (Fsp3) is 0.188. The summed E-state index contributed by atoms with van der Waals surface area (Å²) in [7, 11) is -5.09. The fourth-order valence-electron chi connectivity index (χ4n) is 2.65. The molecule has 9 heteroatoms. The fourth-order valence-corrected chi connectivity index (χ4v) is 2.99. The summed E-state index contributed by atoms with van der Waals surface area (Å²) in [6.07, 6.45) is 0.427. The van der Waals surface area contributed by atoms with Crippen molar-refractivity contribution in [2.45, 2.75) is 13.0 Å². The number of benzene rings is 2. The van der Waals surface area contributed by atoms with E-state index in [1.807, 2.05) is 0 Å². The van der Waals surface area contributed by atoms with Crippen molar-refractivity contribution in [2.24, 2.45) is 0 Å². The molecule has 1 aliphatic rings. The standard InChI is InChI=1S/C16H14F2N2O4S/c17-15-3-1-2-11-10-20(9-8-14(11)15)16(21)19-12-4-6-13(7-5-12)24-25(18,22)23/h1-7H,8-10H2,(H,19,21). The van der Waals surface area contributed by atoms with Crippen LogP contribution in [0.25, 0.3) is 0 Å². The van der Waals surface area contributed by atoms with E-state index in [9.17, 15) is 21.5 Å². The maximum absolute atomic E-state index is 13.7. The van der Waals surface area contributed by atoms with E-state index in [1.165, 1.54) is 35.2 Å². The quantitative estimate of drug-likeness (QED) is 0.845. The van der Waals surface area contributed by atoms with Crippen LogP contribution in [0, 0.1) is 5.82 Å². The highest BCUT2D eigenvalue weighted by Crippen LogP contribution is 2.23. The van der Waals surface area contributed by atoms with Gasteiger partial charge in [-0.3, -0.25) is 0 Å². The summed E-state index contributed by atoms with van der Waals surface area (Å²) >= 11 is 0. The number of anilines is 1. The second-order valence-electron chi connectivity index (χ2n) is 5.48. The molecule has 0 aliphatic carbocycles. The lowest BCUT2D eigenvalue weighted by molar-refractivity contribution is 0.206. The van der Waals surface area contributed by atoms with Crippen LogP contribution in [-0.4, -0.2) is 25.9 Å². The first-order valence-electron chi connectivity index (χ1n) is 7.38. The van der Waals surface area contributed by atoms with Crippen LogP contribution in [0.3, 0.4) is 0 Å². The van der Waals surface area contributed by atoms with Gasteiger partial charge in [-0.05, 0) is 47.9 Å². The molecular weight excluding hydrogens is 354 g/mol. The highest BCUT2D eigenvalue weighted by molar-refractivity contribution is 7.81. The van der Waals surface area contributed by atoms with Gasteiger partial charge in [-0.15, -0.1) is 0 Å². The molecule has 0 spiro atoms. The van der Waals surface area contributed by atoms with Gasteiger partial charge in [0.1, 0.15) is 11.6 Å². The van der Waals surface area contributed by atoms with Crippen LogP contribution >= 0.6 is 0 Å². The Bertz CT molecular complexity index is 901. The third-order valence-electron chi connectivity index (χ3n) is 3.80. The van der Waals surface area contributed by atoms with Gasteiger partial charge < -0.3 is 14.4 Å². The number of carbonyl (C=O) groups excluding carboxylic acids is 1. The van der Waals surface area contributed by atoms with E-state index in [2.05, 4.69) is 9.50 Å². The molecule has 0 unspecified atom stereocenters. The van der Waals surface area contributed by atoms with Gasteiger partial charge in [0.15, 0.2) is 0 Å². The Morgan fingerprint density at radius 1 is 1.16 bits per heavy atom. The summed E-state index contributed by atoms with van der Waals surface area (Å²) in [5, 5.41) is 2.64. The van der Waals surface area contributed by atoms with Crippen molar-refractivity contribution < 1.29 is 25.7 Å². The Morgan fingerprint density at radius 3 is 2.56 bits per heavy atom. The molecule has 132 valence electrons. The molecule has 0 atom stereocenters. The van der Waals surface area contributed by atoms with E-state index < -0.39 is 10.5 Å². The van der Waals surface area contributed by atoms with Crippen molar-refractivity contribution in [2.75, 3.05) is 11.9 Å². The zero-order valence-corrected chi connectivity index (χ0v) is 13.7. The zero-order valence-electron chi connectivity index (χ0n) is 12.9. The topological polar surface area (TPSA) is 75.7 Å². The zero-order chi connectivity index (χ0) is 18.0. The average Bonchev–Trinajstić information content (AvgIpc) is 2.55. The van der Waals surface area contributed by atoms with Crippen molar-refractivity contribution in [1.29, 1.82) is 0 Å². The van der Waals surface area contributed by atoms with Crippen molar-refractivity contribution in [1.82, 2.24) is 4.90 Å². The Labute approximate surface area is 143 Å². The van der Waals surface area contributed by atoms with E-state index in [1.54, 1.807) is 12.1 Å². The molecule has 2 aromatic rings. The van der Waals surface area contributed by atoms with E-state index in [0.717, 1.165) is 5.56 Å². The number of hydrogen-bond acceptors (Lipinski definition) is 4. The molecule has 25 heavy (non-hydrogen) atoms. The molecule has 0 aromatic heterocycles. The van der Waals surface area contributed by atoms with Crippen LogP contribution in [0.5, 0.6) is 5.75 Å². The van der Waals surface area contributed by atoms with Crippen LogP contribution in [0.15, 0.2) is 42.5 Å². The molecule has 2 amide bonds. The smallest absolute Gasteiger partial charge is 0.358 e. The number of nitrogens with zero attached hydrogens (tertiary/aromatic N) is 1. The number of nitrogens with one attached hydrogen (secondary N) is 1. The molecule has 0 saturated carbocycles. The average molecular weight is 368 g/mol. The highest BCUT2D eigenvalue weighted by atomic mass is 32.3. The number of rotatable bonds is 3. The van der Waals surface area contributed by atoms with Crippen molar-refractivity contribution in [3.8, 4) is 5.75 Å². The summed E-state index contributed by atoms with van der Waals surface area (Å²) in [6, 6.07) is 9.61. The monoisotopic (exact) mass is 368 g/mol. The lowest BCUT2D eigenvalue weighted by atomic mass is 9.99. The van der Waals surface area contributed by atoms with E-state index in [-0.39, 0.29) is 17.6 Å². The van der Waals surface area contributed by atoms with E-state index in [0.29, 0.717) is 30.8 Å². The van der Waals surface area contributed by atoms with Crippen LogP contribution < -0.4 is 9.50 Å². The molecule has 0 radical (unpaired) electrons. The number of hydrogen-bond donors (Lipinski definition) is 1. The molecule has 1 N–H and O–H groups in total. The van der Waals surface area contributed by atoms with Gasteiger partial charge in [0.25, 0.3) is 0 Å². The predicted octanol–water partition coefficient (Wildman–Crippen LogP) is 3.01. The molecule has 0 bridgehead atoms. The summed E-state index contributed by atoms with van der Waals surface area (Å²) in [5.74, 6) is -0.473. The van der Waals surface area contributed by atoms with Crippen LogP contribution in [0.2, 0.25) is 0 Å². The first kappa shape index (κ1) is 17.2. The first-order chi connectivity index (χ1) is 11.8. The summed E-state index contributed by atoms with van der Waals surface area (Å²) < 4.78 is 51.0. The van der Waals surface area contributed by atoms with Crippen molar-refractivity contribution >= 4 is 22.2 Å². The van der Waals surface area contributed by atoms with Gasteiger partial charge in [0.05, 0.1) is 0 Å². The Hall–Kier alpha value is -2.68. The van der Waals surface area contributed by atoms with Crippen LogP contribution in [0.4, 0.5) is 18.8 Å². The summed E-state index contributed by atoms with van der Waals surface area (Å²) in [6.45, 7) is 0.668. The molecule has 1 heterocycles. The van der Waals surface area contributed by atoms with Crippen molar-refractivity contribution in [3.63, 3.8) is 0 Å². The molecule has 1 aliphatic heterocycles. The number of halogens is 2. The maximum atomic E-state index is 13.7. The summed E-state index contributed by atoms with van der Waals surface area (Å²) in [5.41, 5.74) is 1.78. The lowest BCUT2D eigenvalue weighted by Gasteiger charge is -2.29. The molecule has 2 aromatic carbocycles.